The van der Waals surface area contributed by atoms with Crippen LogP contribution in [0.25, 0.3) is 5.76 Å². The number of ether oxygens (including phenoxy) is 3. The van der Waals surface area contributed by atoms with Crippen LogP contribution in [0.4, 0.5) is 0 Å². The van der Waals surface area contributed by atoms with Crippen molar-refractivity contribution in [2.24, 2.45) is 0 Å². The number of fused-ring (bicyclic) bond motifs is 1. The van der Waals surface area contributed by atoms with Crippen molar-refractivity contribution in [2.75, 3.05) is 19.8 Å². The maximum atomic E-state index is 13.5. The summed E-state index contributed by atoms with van der Waals surface area (Å²) in [4.78, 5) is 28.5. The van der Waals surface area contributed by atoms with Gasteiger partial charge in [-0.15, -0.1) is 0 Å². The Morgan fingerprint density at radius 1 is 1.07 bits per heavy atom. The Kier molecular flexibility index (Phi) is 7.91. The van der Waals surface area contributed by atoms with Gasteiger partial charge >= 0.3 is 0 Å². The lowest BCUT2D eigenvalue weighted by atomic mass is 9.94. The lowest BCUT2D eigenvalue weighted by molar-refractivity contribution is -0.139. The zero-order valence-corrected chi connectivity index (χ0v) is 22.8. The standard InChI is InChI=1S/C33H33NO6/c1-4-17-39-27-14-11-23(20-28(27)38-5-2)30-29(31(35)24-12-13-26-25(19-24)18-21(3)40-26)32(36)33(37)34(30)16-15-22-9-7-6-8-10-22/h4,6-14,19-21,30,35H,1,5,15-18H2,2-3H3/b31-29+/t21-,30-/m0/s1. The third-order valence-electron chi connectivity index (χ3n) is 7.13. The number of likely N-dealkylation sites (tertiary alicyclic amines) is 1. The van der Waals surface area contributed by atoms with Gasteiger partial charge in [0.05, 0.1) is 18.2 Å². The number of hydrogen-bond donors (Lipinski definition) is 1. The number of aliphatic hydroxyl groups excluding tert-OH is 1. The second-order valence-electron chi connectivity index (χ2n) is 9.92. The molecular formula is C33H33NO6. The van der Waals surface area contributed by atoms with Gasteiger partial charge < -0.3 is 24.2 Å². The van der Waals surface area contributed by atoms with Gasteiger partial charge in [0.1, 0.15) is 24.2 Å². The molecule has 3 aromatic carbocycles. The van der Waals surface area contributed by atoms with E-state index in [-0.39, 0.29) is 17.4 Å². The van der Waals surface area contributed by atoms with E-state index in [9.17, 15) is 14.7 Å². The maximum absolute atomic E-state index is 13.5. The van der Waals surface area contributed by atoms with Gasteiger partial charge in [-0.05, 0) is 67.3 Å². The number of carbonyl (C=O) groups is 2. The van der Waals surface area contributed by atoms with E-state index in [0.717, 1.165) is 16.9 Å². The summed E-state index contributed by atoms with van der Waals surface area (Å²) >= 11 is 0. The highest BCUT2D eigenvalue weighted by Gasteiger charge is 2.46. The van der Waals surface area contributed by atoms with Gasteiger partial charge in [-0.3, -0.25) is 9.59 Å². The molecule has 0 radical (unpaired) electrons. The Hall–Kier alpha value is -4.52. The first-order valence-corrected chi connectivity index (χ1v) is 13.5. The Morgan fingerprint density at radius 3 is 2.62 bits per heavy atom. The number of benzene rings is 3. The second kappa shape index (κ2) is 11.7. The van der Waals surface area contributed by atoms with Crippen LogP contribution in [-0.4, -0.2) is 47.6 Å². The van der Waals surface area contributed by atoms with Crippen molar-refractivity contribution in [1.82, 2.24) is 4.90 Å². The van der Waals surface area contributed by atoms with Crippen LogP contribution in [0, 0.1) is 0 Å². The summed E-state index contributed by atoms with van der Waals surface area (Å²) < 4.78 is 17.4. The van der Waals surface area contributed by atoms with E-state index in [1.165, 1.54) is 4.90 Å². The molecule has 2 aliphatic heterocycles. The van der Waals surface area contributed by atoms with Crippen molar-refractivity contribution in [3.8, 4) is 17.2 Å². The van der Waals surface area contributed by atoms with Gasteiger partial charge in [0.25, 0.3) is 11.7 Å². The summed E-state index contributed by atoms with van der Waals surface area (Å²) in [5.74, 6) is 0.202. The van der Waals surface area contributed by atoms with Gasteiger partial charge in [0, 0.05) is 18.5 Å². The van der Waals surface area contributed by atoms with E-state index in [1.54, 1.807) is 36.4 Å². The van der Waals surface area contributed by atoms with Crippen LogP contribution in [0.1, 0.15) is 42.1 Å². The molecule has 1 saturated heterocycles. The number of Topliss-reactive ketones (excluding diaryl/α,β-unsaturated/α-hetero) is 1. The first-order chi connectivity index (χ1) is 19.4. The second-order valence-corrected chi connectivity index (χ2v) is 9.92. The Balaban J connectivity index is 1.60. The highest BCUT2D eigenvalue weighted by Crippen LogP contribution is 2.43. The average molecular weight is 540 g/mol. The molecule has 40 heavy (non-hydrogen) atoms. The van der Waals surface area contributed by atoms with Crippen LogP contribution in [0.2, 0.25) is 0 Å². The summed E-state index contributed by atoms with van der Waals surface area (Å²) in [6, 6.07) is 19.7. The van der Waals surface area contributed by atoms with Crippen molar-refractivity contribution in [2.45, 2.75) is 38.8 Å². The molecule has 2 aliphatic rings. The summed E-state index contributed by atoms with van der Waals surface area (Å²) in [5.41, 5.74) is 3.15. The predicted molar refractivity (Wildman–Crippen MR) is 153 cm³/mol. The fourth-order valence-electron chi connectivity index (χ4n) is 5.31. The zero-order chi connectivity index (χ0) is 28.2. The van der Waals surface area contributed by atoms with Crippen LogP contribution in [0.5, 0.6) is 17.2 Å². The molecular weight excluding hydrogens is 506 g/mol. The van der Waals surface area contributed by atoms with E-state index in [1.807, 2.05) is 50.2 Å². The van der Waals surface area contributed by atoms with Gasteiger partial charge in [-0.2, -0.15) is 0 Å². The van der Waals surface area contributed by atoms with Crippen LogP contribution < -0.4 is 14.2 Å². The molecule has 0 saturated carbocycles. The van der Waals surface area contributed by atoms with Crippen LogP contribution in [0.15, 0.2) is 85.0 Å². The van der Waals surface area contributed by atoms with Crippen molar-refractivity contribution in [3.05, 3.63) is 107 Å². The average Bonchev–Trinajstić information content (AvgIpc) is 3.46. The van der Waals surface area contributed by atoms with Crippen molar-refractivity contribution in [1.29, 1.82) is 0 Å². The van der Waals surface area contributed by atoms with Crippen molar-refractivity contribution in [3.63, 3.8) is 0 Å². The fraction of sp³-hybridized carbons (Fsp3) is 0.273. The third kappa shape index (κ3) is 5.32. The minimum absolute atomic E-state index is 0.0368. The molecule has 2 atom stereocenters. The van der Waals surface area contributed by atoms with Gasteiger partial charge in [-0.25, -0.2) is 0 Å². The molecule has 5 rings (SSSR count). The summed E-state index contributed by atoms with van der Waals surface area (Å²) in [6.07, 6.45) is 2.94. The number of aliphatic hydroxyl groups is 1. The van der Waals surface area contributed by atoms with E-state index in [2.05, 4.69) is 6.58 Å². The van der Waals surface area contributed by atoms with Gasteiger partial charge in [0.2, 0.25) is 0 Å². The fourth-order valence-corrected chi connectivity index (χ4v) is 5.31. The zero-order valence-electron chi connectivity index (χ0n) is 22.8. The molecule has 1 N–H and O–H groups in total. The predicted octanol–water partition coefficient (Wildman–Crippen LogP) is 5.64. The summed E-state index contributed by atoms with van der Waals surface area (Å²) in [6.45, 7) is 8.55. The Morgan fingerprint density at radius 2 is 1.88 bits per heavy atom. The number of hydrogen-bond acceptors (Lipinski definition) is 6. The van der Waals surface area contributed by atoms with E-state index >= 15 is 0 Å². The number of rotatable bonds is 10. The number of nitrogens with zero attached hydrogens (tertiary/aromatic N) is 1. The quantitative estimate of drug-likeness (QED) is 0.155. The van der Waals surface area contributed by atoms with Crippen LogP contribution >= 0.6 is 0 Å². The minimum Gasteiger partial charge on any atom is -0.507 e. The largest absolute Gasteiger partial charge is 0.507 e. The molecule has 7 nitrogen and oxygen atoms in total. The smallest absolute Gasteiger partial charge is 0.295 e. The van der Waals surface area contributed by atoms with Gasteiger partial charge in [0.15, 0.2) is 11.5 Å². The normalized spacial score (nSPS) is 19.3. The van der Waals surface area contributed by atoms with Crippen LogP contribution in [0.3, 0.4) is 0 Å². The van der Waals surface area contributed by atoms with Crippen LogP contribution in [-0.2, 0) is 22.4 Å². The molecule has 3 aromatic rings. The summed E-state index contributed by atoms with van der Waals surface area (Å²) in [5, 5.41) is 11.6. The number of ketones is 1. The third-order valence-corrected chi connectivity index (χ3v) is 7.13. The SMILES string of the molecule is C=CCOc1ccc([C@H]2/C(=C(\O)c3ccc4c(c3)C[C@H](C)O4)C(=O)C(=O)N2CCc2ccccc2)cc1OCC. The monoisotopic (exact) mass is 539 g/mol. The van der Waals surface area contributed by atoms with E-state index in [4.69, 9.17) is 14.2 Å². The molecule has 0 spiro atoms. The molecule has 1 amide bonds. The molecule has 2 heterocycles. The first-order valence-electron chi connectivity index (χ1n) is 13.5. The maximum Gasteiger partial charge on any atom is 0.295 e. The van der Waals surface area contributed by atoms with E-state index in [0.29, 0.717) is 55.2 Å². The molecule has 7 heteroatoms. The lowest BCUT2D eigenvalue weighted by Gasteiger charge is -2.26. The number of carbonyl (C=O) groups excluding carboxylic acids is 2. The molecule has 0 bridgehead atoms. The Labute approximate surface area is 234 Å². The van der Waals surface area contributed by atoms with E-state index < -0.39 is 17.7 Å². The lowest BCUT2D eigenvalue weighted by Crippen LogP contribution is -2.31. The Bertz CT molecular complexity index is 1460. The minimum atomic E-state index is -0.806. The molecule has 206 valence electrons. The molecule has 0 aliphatic carbocycles. The van der Waals surface area contributed by atoms with Gasteiger partial charge in [-0.1, -0.05) is 49.1 Å². The summed E-state index contributed by atoms with van der Waals surface area (Å²) in [7, 11) is 0. The highest BCUT2D eigenvalue weighted by molar-refractivity contribution is 6.46. The highest BCUT2D eigenvalue weighted by atomic mass is 16.5. The molecule has 0 unspecified atom stereocenters. The number of amides is 1. The molecule has 0 aromatic heterocycles. The van der Waals surface area contributed by atoms with Crippen molar-refractivity contribution < 1.29 is 28.9 Å². The first kappa shape index (κ1) is 27.1. The topological polar surface area (TPSA) is 85.3 Å². The molecule has 1 fully saturated rings. The van der Waals surface area contributed by atoms with Crippen molar-refractivity contribution >= 4 is 17.4 Å².